The topological polar surface area (TPSA) is 35.9 Å². The Balaban J connectivity index is 1.15. The van der Waals surface area contributed by atoms with Gasteiger partial charge in [0.15, 0.2) is 0 Å². The fraction of sp³-hybridized carbons (Fsp3) is 0.241. The van der Waals surface area contributed by atoms with Crippen LogP contribution in [-0.4, -0.2) is 14.1 Å². The van der Waals surface area contributed by atoms with E-state index in [1.165, 1.54) is 33.2 Å². The zero-order valence-electron chi connectivity index (χ0n) is 38.4. The monoisotopic (exact) mass is 826 g/mol. The Morgan fingerprint density at radius 3 is 1.79 bits per heavy atom. The van der Waals surface area contributed by atoms with Gasteiger partial charge in [-0.15, -0.1) is 0 Å². The van der Waals surface area contributed by atoms with Crippen LogP contribution in [0.5, 0.6) is 11.5 Å². The summed E-state index contributed by atoms with van der Waals surface area (Å²) < 4.78 is 13.4. The Kier molecular flexibility index (Phi) is 10.3. The third kappa shape index (κ3) is 7.86. The Labute approximate surface area is 373 Å². The molecular formula is C58H58N4O. The van der Waals surface area contributed by atoms with Crippen molar-refractivity contribution in [1.82, 2.24) is 14.1 Å². The van der Waals surface area contributed by atoms with Crippen LogP contribution in [0.25, 0.3) is 39.0 Å². The van der Waals surface area contributed by atoms with Crippen LogP contribution >= 0.6 is 0 Å². The Morgan fingerprint density at radius 1 is 0.492 bits per heavy atom. The third-order valence-electron chi connectivity index (χ3n) is 12.9. The molecule has 0 saturated heterocycles. The summed E-state index contributed by atoms with van der Waals surface area (Å²) in [5, 5.41) is 2.32. The number of aromatic nitrogens is 4. The number of fused-ring (bicyclic) bond motifs is 3. The standard InChI is InChI=1S/C58H58N4O/c1-55(2,3)42-23-17-24-45(33-42)60-38-53(56(4,5)6)61(39-60)46-25-18-26-47(36-46)63-48-28-29-49-50-34-43(57(7,8)40-19-13-11-14-20-40)27-30-51(50)62(52(49)37-48)54-35-44(31-32-59-54)58(9,10)41-21-15-12-16-22-41/h11-38H,1-10H3. The molecular weight excluding hydrogens is 769 g/mol. The fourth-order valence-electron chi connectivity index (χ4n) is 8.85. The van der Waals surface area contributed by atoms with Crippen molar-refractivity contribution in [3.63, 3.8) is 0 Å². The molecule has 0 bridgehead atoms. The molecule has 316 valence electrons. The van der Waals surface area contributed by atoms with Gasteiger partial charge in [-0.1, -0.05) is 154 Å². The van der Waals surface area contributed by atoms with E-state index in [0.29, 0.717) is 0 Å². The Morgan fingerprint density at radius 2 is 1.13 bits per heavy atom. The molecule has 5 nitrogen and oxygen atoms in total. The van der Waals surface area contributed by atoms with E-state index in [2.05, 4.69) is 247 Å². The van der Waals surface area contributed by atoms with Gasteiger partial charge in [-0.2, -0.15) is 0 Å². The first-order chi connectivity index (χ1) is 30.0. The first kappa shape index (κ1) is 41.6. The van der Waals surface area contributed by atoms with E-state index in [-0.39, 0.29) is 21.7 Å². The first-order valence-corrected chi connectivity index (χ1v) is 22.1. The SMILES string of the molecule is CC(C)(C)c1cccc(-[n+]2[c-]n(-c3cccc(Oc4ccc5c6cc(C(C)(C)c7ccccc7)ccc6n(-c6cc(C(C)(C)c7ccccc7)ccn6)c5c4)c3)c(C(C)(C)C)c2)c1. The maximum Gasteiger partial charge on any atom is 0.269 e. The van der Waals surface area contributed by atoms with Crippen LogP contribution in [0.15, 0.2) is 170 Å². The quantitative estimate of drug-likeness (QED) is 0.107. The molecule has 0 fully saturated rings. The van der Waals surface area contributed by atoms with Crippen LogP contribution in [0.3, 0.4) is 0 Å². The molecule has 0 radical (unpaired) electrons. The van der Waals surface area contributed by atoms with E-state index in [1.54, 1.807) is 0 Å². The van der Waals surface area contributed by atoms with Crippen LogP contribution in [0, 0.1) is 6.33 Å². The van der Waals surface area contributed by atoms with Crippen molar-refractivity contribution in [1.29, 1.82) is 0 Å². The highest BCUT2D eigenvalue weighted by Gasteiger charge is 2.28. The van der Waals surface area contributed by atoms with Crippen LogP contribution in [0.2, 0.25) is 0 Å². The molecule has 0 aliphatic carbocycles. The van der Waals surface area contributed by atoms with Crippen LogP contribution < -0.4 is 9.30 Å². The second-order valence-corrected chi connectivity index (χ2v) is 20.1. The van der Waals surface area contributed by atoms with Crippen molar-refractivity contribution in [2.24, 2.45) is 0 Å². The van der Waals surface area contributed by atoms with E-state index in [0.717, 1.165) is 50.8 Å². The number of rotatable bonds is 9. The molecule has 9 rings (SSSR count). The van der Waals surface area contributed by atoms with Gasteiger partial charge in [0.2, 0.25) is 0 Å². The average molecular weight is 827 g/mol. The molecule has 0 saturated carbocycles. The number of pyridine rings is 1. The zero-order chi connectivity index (χ0) is 44.3. The number of benzene rings is 6. The van der Waals surface area contributed by atoms with Gasteiger partial charge in [0.05, 0.1) is 28.1 Å². The molecule has 0 unspecified atom stereocenters. The van der Waals surface area contributed by atoms with Gasteiger partial charge in [-0.3, -0.25) is 13.7 Å². The highest BCUT2D eigenvalue weighted by molar-refractivity contribution is 6.09. The Bertz CT molecular complexity index is 3100. The molecule has 6 aromatic carbocycles. The molecule has 3 heterocycles. The van der Waals surface area contributed by atoms with Gasteiger partial charge in [0.25, 0.3) is 6.33 Å². The van der Waals surface area contributed by atoms with Gasteiger partial charge in [0, 0.05) is 40.1 Å². The maximum absolute atomic E-state index is 6.81. The molecule has 0 aliphatic rings. The molecule has 0 spiro atoms. The molecule has 0 atom stereocenters. The minimum atomic E-state index is -0.233. The van der Waals surface area contributed by atoms with E-state index < -0.39 is 0 Å². The first-order valence-electron chi connectivity index (χ1n) is 22.1. The van der Waals surface area contributed by atoms with Crippen LogP contribution in [0.1, 0.15) is 103 Å². The second kappa shape index (κ2) is 15.6. The maximum atomic E-state index is 6.81. The summed E-state index contributed by atoms with van der Waals surface area (Å²) in [5.74, 6) is 2.36. The molecule has 9 aromatic rings. The lowest BCUT2D eigenvalue weighted by Gasteiger charge is -2.27. The number of hydrogen-bond donors (Lipinski definition) is 0. The molecule has 5 heteroatoms. The highest BCUT2D eigenvalue weighted by atomic mass is 16.5. The summed E-state index contributed by atoms with van der Waals surface area (Å²) in [6.45, 7) is 22.7. The van der Waals surface area contributed by atoms with Crippen LogP contribution in [-0.2, 0) is 21.7 Å². The summed E-state index contributed by atoms with van der Waals surface area (Å²) in [4.78, 5) is 5.05. The third-order valence-corrected chi connectivity index (χ3v) is 12.9. The van der Waals surface area contributed by atoms with Crippen molar-refractivity contribution >= 4 is 21.8 Å². The fourth-order valence-corrected chi connectivity index (χ4v) is 8.85. The lowest BCUT2D eigenvalue weighted by molar-refractivity contribution is -0.599. The molecule has 0 amide bonds. The van der Waals surface area contributed by atoms with Crippen molar-refractivity contribution in [3.05, 3.63) is 210 Å². The lowest BCUT2D eigenvalue weighted by Crippen LogP contribution is -2.29. The molecule has 3 aromatic heterocycles. The number of hydrogen-bond acceptors (Lipinski definition) is 2. The smallest absolute Gasteiger partial charge is 0.269 e. The van der Waals surface area contributed by atoms with E-state index in [4.69, 9.17) is 9.72 Å². The number of ether oxygens (including phenoxy) is 1. The van der Waals surface area contributed by atoms with Crippen LogP contribution in [0.4, 0.5) is 0 Å². The minimum Gasteiger partial charge on any atom is -0.458 e. The summed E-state index contributed by atoms with van der Waals surface area (Å²) in [5.41, 5.74) is 11.1. The van der Waals surface area contributed by atoms with Gasteiger partial charge >= 0.3 is 0 Å². The minimum absolute atomic E-state index is 0.0388. The zero-order valence-corrected chi connectivity index (χ0v) is 38.4. The van der Waals surface area contributed by atoms with E-state index in [1.807, 2.05) is 12.3 Å². The van der Waals surface area contributed by atoms with E-state index in [9.17, 15) is 0 Å². The average Bonchev–Trinajstić information content (AvgIpc) is 3.88. The normalized spacial score (nSPS) is 12.6. The van der Waals surface area contributed by atoms with Crippen molar-refractivity contribution in [2.45, 2.75) is 90.9 Å². The largest absolute Gasteiger partial charge is 0.458 e. The van der Waals surface area contributed by atoms with Gasteiger partial charge in [0.1, 0.15) is 17.3 Å². The lowest BCUT2D eigenvalue weighted by atomic mass is 9.78. The van der Waals surface area contributed by atoms with Crippen molar-refractivity contribution < 1.29 is 9.30 Å². The summed E-state index contributed by atoms with van der Waals surface area (Å²) >= 11 is 0. The van der Waals surface area contributed by atoms with Crippen molar-refractivity contribution in [2.75, 3.05) is 0 Å². The van der Waals surface area contributed by atoms with Gasteiger partial charge in [-0.05, 0) is 105 Å². The number of imidazole rings is 1. The number of nitrogens with zero attached hydrogens (tertiary/aromatic N) is 4. The predicted molar refractivity (Wildman–Crippen MR) is 259 cm³/mol. The Hall–Kier alpha value is -6.72. The predicted octanol–water partition coefficient (Wildman–Crippen LogP) is 14.1. The molecule has 0 N–H and O–H groups in total. The van der Waals surface area contributed by atoms with Gasteiger partial charge in [-0.25, -0.2) is 4.98 Å². The molecule has 63 heavy (non-hydrogen) atoms. The van der Waals surface area contributed by atoms with E-state index >= 15 is 0 Å². The van der Waals surface area contributed by atoms with Gasteiger partial charge < -0.3 is 4.74 Å². The molecule has 0 aliphatic heterocycles. The summed E-state index contributed by atoms with van der Waals surface area (Å²) in [6, 6.07) is 56.3. The summed E-state index contributed by atoms with van der Waals surface area (Å²) in [6.07, 6.45) is 7.83. The van der Waals surface area contributed by atoms with Crippen molar-refractivity contribution in [3.8, 4) is 28.7 Å². The highest BCUT2D eigenvalue weighted by Crippen LogP contribution is 2.40. The second-order valence-electron chi connectivity index (χ2n) is 20.1. The summed E-state index contributed by atoms with van der Waals surface area (Å²) in [7, 11) is 0.